The van der Waals surface area contributed by atoms with E-state index >= 15 is 0 Å². The Hall–Kier alpha value is -0.510. The van der Waals surface area contributed by atoms with Gasteiger partial charge in [-0.2, -0.15) is 11.8 Å². The van der Waals surface area contributed by atoms with Gasteiger partial charge in [0.15, 0.2) is 0 Å². The number of thioether (sulfide) groups is 1. The van der Waals surface area contributed by atoms with Gasteiger partial charge in [-0.15, -0.1) is 0 Å². The van der Waals surface area contributed by atoms with Gasteiger partial charge in [0.25, 0.3) is 0 Å². The molecule has 1 aromatic carbocycles. The van der Waals surface area contributed by atoms with Crippen molar-refractivity contribution < 1.29 is 0 Å². The van der Waals surface area contributed by atoms with Crippen LogP contribution < -0.4 is 5.73 Å². The molecule has 0 bridgehead atoms. The molecule has 0 aromatic heterocycles. The van der Waals surface area contributed by atoms with Crippen LogP contribution in [0.25, 0.3) is 0 Å². The highest BCUT2D eigenvalue weighted by atomic mass is 32.2. The zero-order valence-corrected chi connectivity index (χ0v) is 11.4. The highest BCUT2D eigenvalue weighted by Crippen LogP contribution is 2.31. The molecule has 1 atom stereocenters. The Kier molecular flexibility index (Phi) is 4.48. The van der Waals surface area contributed by atoms with Gasteiger partial charge >= 0.3 is 0 Å². The minimum absolute atomic E-state index is 0.249. The molecular weight excluding hydrogens is 228 g/mol. The van der Waals surface area contributed by atoms with Crippen LogP contribution in [0.2, 0.25) is 0 Å². The summed E-state index contributed by atoms with van der Waals surface area (Å²) in [5.41, 5.74) is 7.65. The lowest BCUT2D eigenvalue weighted by Crippen LogP contribution is -2.52. The molecule has 2 N–H and O–H groups in total. The van der Waals surface area contributed by atoms with Crippen LogP contribution in [0.5, 0.6) is 0 Å². The fourth-order valence-corrected chi connectivity index (χ4v) is 3.92. The molecule has 0 aliphatic carbocycles. The summed E-state index contributed by atoms with van der Waals surface area (Å²) in [5.74, 6) is 2.45. The van der Waals surface area contributed by atoms with E-state index in [4.69, 9.17) is 5.73 Å². The number of benzene rings is 1. The van der Waals surface area contributed by atoms with Crippen molar-refractivity contribution in [1.29, 1.82) is 0 Å². The largest absolute Gasteiger partial charge is 0.329 e. The minimum atomic E-state index is 0.249. The van der Waals surface area contributed by atoms with E-state index < -0.39 is 0 Å². The summed E-state index contributed by atoms with van der Waals surface area (Å²) in [5, 5.41) is 0. The van der Waals surface area contributed by atoms with Crippen molar-refractivity contribution in [2.45, 2.75) is 18.4 Å². The maximum absolute atomic E-state index is 5.98. The molecule has 94 valence electrons. The normalized spacial score (nSPS) is 24.4. The Morgan fingerprint density at radius 3 is 2.71 bits per heavy atom. The zero-order chi connectivity index (χ0) is 12.1. The van der Waals surface area contributed by atoms with Gasteiger partial charge in [-0.25, -0.2) is 0 Å². The van der Waals surface area contributed by atoms with Gasteiger partial charge in [0.2, 0.25) is 0 Å². The fourth-order valence-electron chi connectivity index (χ4n) is 2.39. The van der Waals surface area contributed by atoms with E-state index in [-0.39, 0.29) is 5.54 Å². The highest BCUT2D eigenvalue weighted by Gasteiger charge is 2.36. The molecule has 17 heavy (non-hydrogen) atoms. The maximum atomic E-state index is 5.98. The Morgan fingerprint density at radius 2 is 2.12 bits per heavy atom. The van der Waals surface area contributed by atoms with Gasteiger partial charge in [-0.05, 0) is 31.2 Å². The van der Waals surface area contributed by atoms with Crippen LogP contribution in [0.15, 0.2) is 30.3 Å². The average Bonchev–Trinajstić information content (AvgIpc) is 2.87. The molecular formula is C14H22N2S. The van der Waals surface area contributed by atoms with Crippen LogP contribution in [0, 0.1) is 0 Å². The van der Waals surface area contributed by atoms with E-state index in [1.165, 1.54) is 23.5 Å². The predicted octanol–water partition coefficient (Wildman–Crippen LogP) is 2.00. The smallest absolute Gasteiger partial charge is 0.0426 e. The first kappa shape index (κ1) is 12.9. The summed E-state index contributed by atoms with van der Waals surface area (Å²) in [6, 6.07) is 10.7. The standard InChI is InChI=1S/C14H22N2S/c1-16(14(11-15)8-10-17-12-14)9-7-13-5-3-2-4-6-13/h2-6H,7-12,15H2,1H3. The predicted molar refractivity (Wildman–Crippen MR) is 76.5 cm³/mol. The topological polar surface area (TPSA) is 29.3 Å². The molecule has 3 heteroatoms. The molecule has 0 radical (unpaired) electrons. The lowest BCUT2D eigenvalue weighted by molar-refractivity contribution is 0.153. The van der Waals surface area contributed by atoms with Crippen LogP contribution in [0.4, 0.5) is 0 Å². The van der Waals surface area contributed by atoms with Crippen molar-refractivity contribution in [2.75, 3.05) is 31.6 Å². The molecule has 1 aromatic rings. The number of rotatable bonds is 5. The van der Waals surface area contributed by atoms with Crippen molar-refractivity contribution in [3.63, 3.8) is 0 Å². The summed E-state index contributed by atoms with van der Waals surface area (Å²) >= 11 is 2.03. The van der Waals surface area contributed by atoms with Gasteiger partial charge in [0.1, 0.15) is 0 Å². The van der Waals surface area contributed by atoms with E-state index in [0.717, 1.165) is 19.5 Å². The fraction of sp³-hybridized carbons (Fsp3) is 0.571. The molecule has 2 rings (SSSR count). The SMILES string of the molecule is CN(CCc1ccccc1)C1(CN)CCSC1. The van der Waals surface area contributed by atoms with Gasteiger partial charge < -0.3 is 5.73 Å². The summed E-state index contributed by atoms with van der Waals surface area (Å²) < 4.78 is 0. The number of hydrogen-bond acceptors (Lipinski definition) is 3. The van der Waals surface area contributed by atoms with Crippen LogP contribution in [-0.4, -0.2) is 42.1 Å². The second-order valence-electron chi connectivity index (χ2n) is 4.89. The van der Waals surface area contributed by atoms with E-state index in [9.17, 15) is 0 Å². The van der Waals surface area contributed by atoms with Crippen LogP contribution in [-0.2, 0) is 6.42 Å². The Balaban J connectivity index is 1.90. The monoisotopic (exact) mass is 250 g/mol. The Morgan fingerprint density at radius 1 is 1.35 bits per heavy atom. The summed E-state index contributed by atoms with van der Waals surface area (Å²) in [4.78, 5) is 2.47. The molecule has 1 heterocycles. The molecule has 1 saturated heterocycles. The number of nitrogens with zero attached hydrogens (tertiary/aromatic N) is 1. The van der Waals surface area contributed by atoms with Crippen molar-refractivity contribution in [1.82, 2.24) is 4.90 Å². The first-order valence-corrected chi connectivity index (χ1v) is 7.45. The van der Waals surface area contributed by atoms with E-state index in [1.54, 1.807) is 0 Å². The lowest BCUT2D eigenvalue weighted by Gasteiger charge is -2.37. The lowest BCUT2D eigenvalue weighted by atomic mass is 9.96. The van der Waals surface area contributed by atoms with Gasteiger partial charge in [0, 0.05) is 24.4 Å². The van der Waals surface area contributed by atoms with Crippen molar-refractivity contribution in [3.8, 4) is 0 Å². The van der Waals surface area contributed by atoms with Crippen molar-refractivity contribution >= 4 is 11.8 Å². The van der Waals surface area contributed by atoms with Crippen LogP contribution in [0.1, 0.15) is 12.0 Å². The Labute approximate surface area is 109 Å². The number of hydrogen-bond donors (Lipinski definition) is 1. The third-order valence-electron chi connectivity index (χ3n) is 3.85. The first-order chi connectivity index (χ1) is 8.27. The summed E-state index contributed by atoms with van der Waals surface area (Å²) in [6.45, 7) is 1.88. The molecule has 1 unspecified atom stereocenters. The molecule has 0 saturated carbocycles. The Bertz CT molecular complexity index is 333. The van der Waals surface area contributed by atoms with Gasteiger partial charge in [-0.3, -0.25) is 4.90 Å². The third kappa shape index (κ3) is 3.03. The van der Waals surface area contributed by atoms with Crippen molar-refractivity contribution in [3.05, 3.63) is 35.9 Å². The van der Waals surface area contributed by atoms with E-state index in [1.807, 2.05) is 11.8 Å². The van der Waals surface area contributed by atoms with Crippen LogP contribution in [0.3, 0.4) is 0 Å². The maximum Gasteiger partial charge on any atom is 0.0426 e. The zero-order valence-electron chi connectivity index (χ0n) is 10.6. The first-order valence-electron chi connectivity index (χ1n) is 6.30. The minimum Gasteiger partial charge on any atom is -0.329 e. The van der Waals surface area contributed by atoms with Gasteiger partial charge in [0.05, 0.1) is 0 Å². The third-order valence-corrected chi connectivity index (χ3v) is 5.09. The second kappa shape index (κ2) is 5.89. The van der Waals surface area contributed by atoms with Gasteiger partial charge in [-0.1, -0.05) is 30.3 Å². The average molecular weight is 250 g/mol. The molecule has 1 fully saturated rings. The highest BCUT2D eigenvalue weighted by molar-refractivity contribution is 7.99. The molecule has 2 nitrogen and oxygen atoms in total. The molecule has 0 amide bonds. The summed E-state index contributed by atoms with van der Waals surface area (Å²) in [7, 11) is 2.22. The quantitative estimate of drug-likeness (QED) is 0.866. The summed E-state index contributed by atoms with van der Waals surface area (Å²) in [6.07, 6.45) is 2.35. The molecule has 0 spiro atoms. The molecule has 1 aliphatic heterocycles. The van der Waals surface area contributed by atoms with Crippen molar-refractivity contribution in [2.24, 2.45) is 5.73 Å². The second-order valence-corrected chi connectivity index (χ2v) is 5.99. The molecule has 1 aliphatic rings. The van der Waals surface area contributed by atoms with E-state index in [0.29, 0.717) is 0 Å². The van der Waals surface area contributed by atoms with E-state index in [2.05, 4.69) is 42.3 Å². The number of likely N-dealkylation sites (N-methyl/N-ethyl adjacent to an activating group) is 1. The number of nitrogens with two attached hydrogens (primary N) is 1. The van der Waals surface area contributed by atoms with Crippen LogP contribution >= 0.6 is 11.8 Å².